The highest BCUT2D eigenvalue weighted by atomic mass is 16.6. The number of ether oxygens (including phenoxy) is 3. The second kappa shape index (κ2) is 12.0. The fourth-order valence-corrected chi connectivity index (χ4v) is 5.16. The lowest BCUT2D eigenvalue weighted by Crippen LogP contribution is -2.45. The Morgan fingerprint density at radius 3 is 2.61 bits per heavy atom. The number of carbonyl (C=O) groups is 2. The second-order valence-electron chi connectivity index (χ2n) is 11.2. The van der Waals surface area contributed by atoms with E-state index in [4.69, 9.17) is 19.2 Å². The third-order valence-electron chi connectivity index (χ3n) is 7.07. The van der Waals surface area contributed by atoms with Crippen LogP contribution >= 0.6 is 0 Å². The maximum Gasteiger partial charge on any atom is 0.410 e. The molecule has 2 amide bonds. The van der Waals surface area contributed by atoms with Crippen LogP contribution in [0.5, 0.6) is 0 Å². The van der Waals surface area contributed by atoms with Gasteiger partial charge in [-0.05, 0) is 57.2 Å². The van der Waals surface area contributed by atoms with Crippen molar-refractivity contribution in [3.8, 4) is 0 Å². The van der Waals surface area contributed by atoms with Crippen molar-refractivity contribution in [1.82, 2.24) is 15.2 Å². The van der Waals surface area contributed by atoms with Gasteiger partial charge in [-0.1, -0.05) is 36.4 Å². The first-order chi connectivity index (χ1) is 18.1. The minimum atomic E-state index is -0.550. The molecule has 1 aliphatic carbocycles. The molecule has 2 aliphatic rings. The summed E-state index contributed by atoms with van der Waals surface area (Å²) in [5, 5.41) is 3.00. The average molecular weight is 525 g/mol. The fraction of sp³-hybridized carbons (Fsp3) is 0.552. The molecule has 1 saturated heterocycles. The van der Waals surface area contributed by atoms with E-state index in [2.05, 4.69) is 16.3 Å². The van der Waals surface area contributed by atoms with Gasteiger partial charge in [0.25, 0.3) is 0 Å². The summed E-state index contributed by atoms with van der Waals surface area (Å²) in [6.07, 6.45) is 1.58. The maximum absolute atomic E-state index is 12.7. The fourth-order valence-electron chi connectivity index (χ4n) is 5.16. The van der Waals surface area contributed by atoms with Crippen LogP contribution in [0.2, 0.25) is 0 Å². The molecule has 2 aromatic rings. The predicted molar refractivity (Wildman–Crippen MR) is 145 cm³/mol. The number of methoxy groups -OCH3 is 1. The molecule has 9 nitrogen and oxygen atoms in total. The zero-order valence-corrected chi connectivity index (χ0v) is 23.1. The Hall–Kier alpha value is -3.33. The van der Waals surface area contributed by atoms with Gasteiger partial charge in [-0.15, -0.1) is 0 Å². The van der Waals surface area contributed by atoms with Crippen LogP contribution in [0.4, 0.5) is 15.4 Å². The molecule has 0 radical (unpaired) electrons. The van der Waals surface area contributed by atoms with Crippen LogP contribution in [0.3, 0.4) is 0 Å². The minimum absolute atomic E-state index is 0.0168. The van der Waals surface area contributed by atoms with Crippen molar-refractivity contribution in [2.45, 2.75) is 64.3 Å². The van der Waals surface area contributed by atoms with E-state index in [0.29, 0.717) is 13.2 Å². The summed E-state index contributed by atoms with van der Waals surface area (Å²) in [7, 11) is 3.48. The van der Waals surface area contributed by atoms with E-state index in [1.165, 1.54) is 0 Å². The summed E-state index contributed by atoms with van der Waals surface area (Å²) in [6, 6.07) is 13.8. The molecule has 9 heteroatoms. The number of likely N-dealkylation sites (N-methyl/N-ethyl adjacent to an activating group) is 1. The summed E-state index contributed by atoms with van der Waals surface area (Å²) in [5.41, 5.74) is 2.61. The molecular formula is C29H40N4O5. The monoisotopic (exact) mass is 524 g/mol. The number of benzene rings is 1. The van der Waals surface area contributed by atoms with Gasteiger partial charge in [-0.25, -0.2) is 14.6 Å². The van der Waals surface area contributed by atoms with Crippen LogP contribution < -0.4 is 10.2 Å². The number of aryl methyl sites for hydroxylation is 1. The number of carbonyl (C=O) groups excluding carboxylic acids is 2. The lowest BCUT2D eigenvalue weighted by atomic mass is 9.92. The third-order valence-corrected chi connectivity index (χ3v) is 7.07. The van der Waals surface area contributed by atoms with E-state index in [0.717, 1.165) is 48.4 Å². The smallest absolute Gasteiger partial charge is 0.410 e. The van der Waals surface area contributed by atoms with Crippen molar-refractivity contribution in [2.24, 2.45) is 5.92 Å². The minimum Gasteiger partial charge on any atom is -0.445 e. The van der Waals surface area contributed by atoms with Gasteiger partial charge < -0.3 is 29.3 Å². The van der Waals surface area contributed by atoms with Crippen molar-refractivity contribution in [2.75, 3.05) is 38.8 Å². The molecule has 2 unspecified atom stereocenters. The van der Waals surface area contributed by atoms with E-state index in [1.807, 2.05) is 57.2 Å². The summed E-state index contributed by atoms with van der Waals surface area (Å²) in [6.45, 7) is 7.82. The molecule has 206 valence electrons. The van der Waals surface area contributed by atoms with Crippen LogP contribution in [-0.4, -0.2) is 73.6 Å². The Morgan fingerprint density at radius 1 is 1.13 bits per heavy atom. The number of aromatic nitrogens is 1. The van der Waals surface area contributed by atoms with Gasteiger partial charge in [0.05, 0.1) is 12.6 Å². The number of nitrogens with zero attached hydrogens (tertiary/aromatic N) is 3. The Balaban J connectivity index is 1.35. The summed E-state index contributed by atoms with van der Waals surface area (Å²) >= 11 is 0. The van der Waals surface area contributed by atoms with Crippen molar-refractivity contribution >= 4 is 18.0 Å². The first-order valence-corrected chi connectivity index (χ1v) is 13.3. The zero-order chi connectivity index (χ0) is 27.3. The number of hydrogen-bond donors (Lipinski definition) is 1. The number of anilines is 1. The Bertz CT molecular complexity index is 1100. The molecule has 1 fully saturated rings. The van der Waals surface area contributed by atoms with Gasteiger partial charge in [0.2, 0.25) is 0 Å². The quantitative estimate of drug-likeness (QED) is 0.581. The number of fused-ring (bicyclic) bond motifs is 1. The van der Waals surface area contributed by atoms with Crippen LogP contribution in [0.1, 0.15) is 44.0 Å². The van der Waals surface area contributed by atoms with Gasteiger partial charge in [0.1, 0.15) is 18.0 Å². The largest absolute Gasteiger partial charge is 0.445 e. The van der Waals surface area contributed by atoms with Crippen LogP contribution in [-0.2, 0) is 33.7 Å². The van der Waals surface area contributed by atoms with Gasteiger partial charge in [0.15, 0.2) is 0 Å². The summed E-state index contributed by atoms with van der Waals surface area (Å²) in [5.74, 6) is 1.05. The number of rotatable bonds is 7. The first kappa shape index (κ1) is 27.7. The molecule has 0 spiro atoms. The number of pyridine rings is 1. The van der Waals surface area contributed by atoms with Crippen molar-refractivity contribution in [1.29, 1.82) is 0 Å². The highest BCUT2D eigenvalue weighted by molar-refractivity contribution is 5.69. The van der Waals surface area contributed by atoms with Crippen molar-refractivity contribution in [3.63, 3.8) is 0 Å². The SMILES string of the molecule is COCC1CN(c2ccc3c(n2)CC[C@H](NC(=O)OCc2ccccc2)C3)CC1N(C)C(=O)OC(C)(C)C. The Morgan fingerprint density at radius 2 is 1.89 bits per heavy atom. The molecule has 1 aromatic heterocycles. The van der Waals surface area contributed by atoms with Gasteiger partial charge >= 0.3 is 12.2 Å². The van der Waals surface area contributed by atoms with Crippen LogP contribution in [0, 0.1) is 5.92 Å². The summed E-state index contributed by atoms with van der Waals surface area (Å²) < 4.78 is 16.5. The lowest BCUT2D eigenvalue weighted by molar-refractivity contribution is 0.0161. The lowest BCUT2D eigenvalue weighted by Gasteiger charge is -2.31. The molecule has 0 saturated carbocycles. The first-order valence-electron chi connectivity index (χ1n) is 13.3. The van der Waals surface area contributed by atoms with Crippen LogP contribution in [0.15, 0.2) is 42.5 Å². The van der Waals surface area contributed by atoms with Gasteiger partial charge in [0, 0.05) is 44.9 Å². The van der Waals surface area contributed by atoms with Gasteiger partial charge in [-0.2, -0.15) is 0 Å². The summed E-state index contributed by atoms with van der Waals surface area (Å²) in [4.78, 5) is 34.0. The molecule has 3 atom stereocenters. The predicted octanol–water partition coefficient (Wildman–Crippen LogP) is 4.18. The molecule has 0 bridgehead atoms. The molecule has 1 aliphatic heterocycles. The maximum atomic E-state index is 12.7. The van der Waals surface area contributed by atoms with Crippen LogP contribution in [0.25, 0.3) is 0 Å². The zero-order valence-electron chi connectivity index (χ0n) is 23.1. The van der Waals surface area contributed by atoms with E-state index in [-0.39, 0.29) is 30.7 Å². The molecule has 2 heterocycles. The highest BCUT2D eigenvalue weighted by Crippen LogP contribution is 2.29. The molecule has 4 rings (SSSR count). The van der Waals surface area contributed by atoms with E-state index in [9.17, 15) is 9.59 Å². The van der Waals surface area contributed by atoms with Crippen molar-refractivity contribution in [3.05, 3.63) is 59.3 Å². The highest BCUT2D eigenvalue weighted by Gasteiger charge is 2.39. The van der Waals surface area contributed by atoms with Gasteiger partial charge in [-0.3, -0.25) is 0 Å². The van der Waals surface area contributed by atoms with E-state index >= 15 is 0 Å². The normalized spacial score (nSPS) is 21.0. The van der Waals surface area contributed by atoms with Crippen molar-refractivity contribution < 1.29 is 23.8 Å². The standard InChI is InChI=1S/C29H40N4O5/c1-29(2,3)38-28(35)32(4)25-17-33(16-22(25)19-36-5)26-14-11-21-15-23(12-13-24(21)31-26)30-27(34)37-18-20-9-7-6-8-10-20/h6-11,14,22-23,25H,12-13,15-19H2,1-5H3,(H,30,34)/t22?,23-,25?/m0/s1. The Kier molecular flexibility index (Phi) is 8.76. The molecule has 1 N–H and O–H groups in total. The molecular weight excluding hydrogens is 484 g/mol. The number of nitrogens with one attached hydrogen (secondary N) is 1. The average Bonchev–Trinajstić information content (AvgIpc) is 3.30. The number of alkyl carbamates (subject to hydrolysis) is 1. The topological polar surface area (TPSA) is 93.2 Å². The second-order valence-corrected chi connectivity index (χ2v) is 11.2. The third kappa shape index (κ3) is 7.16. The number of hydrogen-bond acceptors (Lipinski definition) is 7. The number of amides is 2. The molecule has 38 heavy (non-hydrogen) atoms. The van der Waals surface area contributed by atoms with E-state index < -0.39 is 11.7 Å². The molecule has 1 aromatic carbocycles. The Labute approximate surface area is 225 Å². The van der Waals surface area contributed by atoms with E-state index in [1.54, 1.807) is 19.1 Å².